The topological polar surface area (TPSA) is 164 Å². The predicted molar refractivity (Wildman–Crippen MR) is 304 cm³/mol. The molecule has 0 saturated heterocycles. The number of nitrogens with one attached hydrogen (secondary N) is 1. The molecule has 0 unspecified atom stereocenters. The van der Waals surface area contributed by atoms with Crippen LogP contribution in [0.2, 0.25) is 0 Å². The highest BCUT2D eigenvalue weighted by Gasteiger charge is 2.64. The second kappa shape index (κ2) is 24.6. The van der Waals surface area contributed by atoms with E-state index in [-0.39, 0.29) is 47.4 Å². The van der Waals surface area contributed by atoms with Crippen LogP contribution in [0.5, 0.6) is 0 Å². The van der Waals surface area contributed by atoms with Crippen molar-refractivity contribution in [3.05, 3.63) is 105 Å². The molecule has 0 spiro atoms. The van der Waals surface area contributed by atoms with Crippen molar-refractivity contribution in [1.29, 1.82) is 0 Å². The molecule has 0 heterocycles. The Balaban J connectivity index is 0.000000206. The van der Waals surface area contributed by atoms with Crippen molar-refractivity contribution < 1.29 is 48.7 Å². The van der Waals surface area contributed by atoms with Crippen molar-refractivity contribution in [3.63, 3.8) is 0 Å². The monoisotopic (exact) mass is 1060 g/mol. The molecule has 2 aromatic rings. The van der Waals surface area contributed by atoms with Crippen molar-refractivity contribution in [3.8, 4) is 23.7 Å². The fraction of sp³-hybridized carbons (Fsp3) is 0.591. The Kier molecular flexibility index (Phi) is 18.1. The molecule has 4 fully saturated rings. The molecular formula is C66H84N2O10. The molecule has 12 nitrogen and oxygen atoms in total. The summed E-state index contributed by atoms with van der Waals surface area (Å²) >= 11 is 0. The fourth-order valence-electron chi connectivity index (χ4n) is 15.7. The van der Waals surface area contributed by atoms with Gasteiger partial charge in [0.15, 0.2) is 11.6 Å². The second-order valence-electron chi connectivity index (χ2n) is 23.7. The van der Waals surface area contributed by atoms with E-state index in [1.807, 2.05) is 33.0 Å². The number of nitrogens with zero attached hydrogens (tertiary/aromatic N) is 1. The maximum absolute atomic E-state index is 12.4. The Morgan fingerprint density at radius 1 is 0.628 bits per heavy atom. The van der Waals surface area contributed by atoms with Crippen LogP contribution >= 0.6 is 0 Å². The summed E-state index contributed by atoms with van der Waals surface area (Å²) in [6.45, 7) is 11.6. The minimum Gasteiger partial charge on any atom is -0.480 e. The Morgan fingerprint density at radius 2 is 1.06 bits per heavy atom. The van der Waals surface area contributed by atoms with E-state index < -0.39 is 17.2 Å². The molecule has 4 saturated carbocycles. The Labute approximate surface area is 463 Å². The zero-order valence-corrected chi connectivity index (χ0v) is 47.1. The van der Waals surface area contributed by atoms with Gasteiger partial charge in [-0.15, -0.1) is 11.8 Å². The number of allylic oxidation sites excluding steroid dienone is 8. The third-order valence-corrected chi connectivity index (χ3v) is 19.7. The molecule has 10 rings (SSSR count). The van der Waals surface area contributed by atoms with Crippen molar-refractivity contribution in [2.24, 2.45) is 34.5 Å². The highest BCUT2D eigenvalue weighted by Crippen LogP contribution is 2.68. The van der Waals surface area contributed by atoms with Gasteiger partial charge in [-0.2, -0.15) is 0 Å². The largest absolute Gasteiger partial charge is 0.480 e. The maximum atomic E-state index is 12.4. The van der Waals surface area contributed by atoms with E-state index in [0.29, 0.717) is 76.2 Å². The van der Waals surface area contributed by atoms with Crippen LogP contribution in [-0.4, -0.2) is 118 Å². The van der Waals surface area contributed by atoms with E-state index in [0.717, 1.165) is 95.0 Å². The lowest BCUT2D eigenvalue weighted by Crippen LogP contribution is -2.51. The summed E-state index contributed by atoms with van der Waals surface area (Å²) in [5.74, 6) is 14.3. The molecule has 0 aromatic heterocycles. The maximum Gasteiger partial charge on any atom is 0.329 e. The third-order valence-electron chi connectivity index (χ3n) is 19.7. The van der Waals surface area contributed by atoms with Crippen molar-refractivity contribution >= 4 is 28.9 Å². The van der Waals surface area contributed by atoms with Gasteiger partial charge in [0.05, 0.1) is 46.2 Å². The van der Waals surface area contributed by atoms with Gasteiger partial charge < -0.3 is 44.5 Å². The van der Waals surface area contributed by atoms with Gasteiger partial charge >= 0.3 is 5.97 Å². The van der Waals surface area contributed by atoms with Crippen LogP contribution in [0, 0.1) is 58.2 Å². The number of likely N-dealkylation sites (N-methyl/N-ethyl adjacent to an activating group) is 1. The number of carboxylic acid groups (broad SMARTS) is 1. The van der Waals surface area contributed by atoms with E-state index in [2.05, 4.69) is 103 Å². The molecule has 10 atom stereocenters. The molecule has 2 aromatic carbocycles. The average Bonchev–Trinajstić information content (AvgIpc) is 3.99. The van der Waals surface area contributed by atoms with Crippen LogP contribution in [0.1, 0.15) is 141 Å². The first-order chi connectivity index (χ1) is 37.6. The lowest BCUT2D eigenvalue weighted by molar-refractivity contribution is -0.142. The summed E-state index contributed by atoms with van der Waals surface area (Å²) < 4.78 is 21.6. The number of carbonyl (C=O) groups is 3. The van der Waals surface area contributed by atoms with Crippen LogP contribution in [0.4, 0.5) is 11.4 Å². The zero-order valence-electron chi connectivity index (χ0n) is 47.1. The van der Waals surface area contributed by atoms with Gasteiger partial charge in [0.2, 0.25) is 0 Å². The normalized spacial score (nSPS) is 31.5. The number of aliphatic hydroxyl groups is 2. The first-order valence-electron chi connectivity index (χ1n) is 28.9. The number of ether oxygens (including phenoxy) is 4. The standard InChI is InChI=1S/C38H51NO8.C28H33NO2/c1-4-14-38(43)15-13-34-32-11-7-28-24-30(40)10-12-31(28)36(32)33(25-37(34,38)2)27-5-8-29(9-6-27)39(3)16-17-44-18-19-45-20-21-46-22-23-47-26-35(41)42;1-4-14-28(31)15-13-25-23-11-7-19-16-21(30)10-12-22(19)26(23)24(17-27(25,28)2)18-5-8-20(29-3)9-6-18/h5-6,8-9,24,32-34,43H,7,10-13,15-23,25-26H2,1-3H3,(H,41,42);5-6,8-9,16,23-25,29,31H,7,10-13,15,17H2,1-3H3/t32-,33+,34-,37-,38-;23-,24+,25-,27-,28-/m00/s1. The second-order valence-corrected chi connectivity index (χ2v) is 23.7. The number of aliphatic carboxylic acids is 1. The van der Waals surface area contributed by atoms with E-state index in [9.17, 15) is 24.6 Å². The molecule has 0 radical (unpaired) electrons. The molecular weight excluding hydrogens is 981 g/mol. The highest BCUT2D eigenvalue weighted by atomic mass is 16.6. The number of rotatable bonds is 18. The average molecular weight is 1070 g/mol. The van der Waals surface area contributed by atoms with Gasteiger partial charge in [-0.25, -0.2) is 4.79 Å². The molecule has 8 aliphatic carbocycles. The number of ketones is 2. The Morgan fingerprint density at radius 3 is 1.50 bits per heavy atom. The minimum atomic E-state index is -0.991. The molecule has 0 amide bonds. The highest BCUT2D eigenvalue weighted by molar-refractivity contribution is 5.93. The van der Waals surface area contributed by atoms with Crippen LogP contribution < -0.4 is 10.2 Å². The van der Waals surface area contributed by atoms with Gasteiger partial charge in [0.1, 0.15) is 17.8 Å². The van der Waals surface area contributed by atoms with Gasteiger partial charge in [0, 0.05) is 67.5 Å². The number of carboxylic acids is 1. The van der Waals surface area contributed by atoms with Crippen LogP contribution in [0.25, 0.3) is 0 Å². The Hall–Kier alpha value is -5.31. The molecule has 12 heteroatoms. The number of anilines is 2. The number of hydrogen-bond donors (Lipinski definition) is 4. The Bertz CT molecular complexity index is 2810. The van der Waals surface area contributed by atoms with Crippen molar-refractivity contribution in [2.45, 2.75) is 141 Å². The van der Waals surface area contributed by atoms with Crippen LogP contribution in [0.3, 0.4) is 0 Å². The third kappa shape index (κ3) is 11.5. The first-order valence-corrected chi connectivity index (χ1v) is 28.9. The zero-order chi connectivity index (χ0) is 55.2. The number of hydrogen-bond acceptors (Lipinski definition) is 11. The van der Waals surface area contributed by atoms with Crippen molar-refractivity contribution in [1.82, 2.24) is 0 Å². The van der Waals surface area contributed by atoms with E-state index >= 15 is 0 Å². The van der Waals surface area contributed by atoms with Gasteiger partial charge in [-0.3, -0.25) is 9.59 Å². The van der Waals surface area contributed by atoms with E-state index in [4.69, 9.17) is 24.1 Å². The first kappa shape index (κ1) is 57.4. The van der Waals surface area contributed by atoms with E-state index in [1.165, 1.54) is 39.0 Å². The van der Waals surface area contributed by atoms with Gasteiger partial charge in [-0.1, -0.05) is 61.1 Å². The summed E-state index contributed by atoms with van der Waals surface area (Å²) in [5.41, 5.74) is 10.9. The summed E-state index contributed by atoms with van der Waals surface area (Å²) in [6, 6.07) is 17.7. The van der Waals surface area contributed by atoms with Gasteiger partial charge in [0.25, 0.3) is 0 Å². The number of carbonyl (C=O) groups excluding carboxylic acids is 2. The summed E-state index contributed by atoms with van der Waals surface area (Å²) in [6.07, 6.45) is 16.1. The lowest BCUT2D eigenvalue weighted by atomic mass is 9.51. The van der Waals surface area contributed by atoms with Crippen LogP contribution in [-0.2, 0) is 33.3 Å². The minimum absolute atomic E-state index is 0.190. The quantitative estimate of drug-likeness (QED) is 0.0827. The summed E-state index contributed by atoms with van der Waals surface area (Å²) in [7, 11) is 4.01. The molecule has 8 aliphatic rings. The summed E-state index contributed by atoms with van der Waals surface area (Å²) in [5, 5.41) is 35.3. The van der Waals surface area contributed by atoms with Crippen LogP contribution in [0.15, 0.2) is 94.1 Å². The summed E-state index contributed by atoms with van der Waals surface area (Å²) in [4.78, 5) is 37.1. The number of benzene rings is 2. The molecule has 418 valence electrons. The predicted octanol–water partition coefficient (Wildman–Crippen LogP) is 10.3. The molecule has 4 N–H and O–H groups in total. The van der Waals surface area contributed by atoms with Gasteiger partial charge in [-0.05, 0) is 184 Å². The smallest absolute Gasteiger partial charge is 0.329 e. The molecule has 0 aliphatic heterocycles. The van der Waals surface area contributed by atoms with E-state index in [1.54, 1.807) is 5.57 Å². The van der Waals surface area contributed by atoms with Crippen molar-refractivity contribution in [2.75, 3.05) is 83.7 Å². The SMILES string of the molecule is CC#C[C@]1(O)CC[C@H]2[C@@H]3CCC4=CC(=O)CCC4=C3[C@@H](c3ccc(N(C)CCOCCOCCOCCOCC(=O)O)cc3)C[C@@]21C.CC#C[C@]1(O)CC[C@H]2[C@@H]3CCC4=CC(=O)CCC4=C3[C@@H](c3ccc(NC)cc3)C[C@@]21C. The fourth-order valence-corrected chi connectivity index (χ4v) is 15.7. The molecule has 78 heavy (non-hydrogen) atoms. The number of fused-ring (bicyclic) bond motifs is 8. The lowest BCUT2D eigenvalue weighted by Gasteiger charge is -2.53. The molecule has 0 bridgehead atoms.